The second-order valence-electron chi connectivity index (χ2n) is 9.36. The zero-order chi connectivity index (χ0) is 21.7. The van der Waals surface area contributed by atoms with Crippen LogP contribution in [0.1, 0.15) is 33.4 Å². The minimum absolute atomic E-state index is 0.301. The molecule has 0 aromatic heterocycles. The summed E-state index contributed by atoms with van der Waals surface area (Å²) in [6.07, 6.45) is 1.01. The summed E-state index contributed by atoms with van der Waals surface area (Å²) in [6, 6.07) is 38.6. The molecule has 33 heavy (non-hydrogen) atoms. The molecule has 0 bridgehead atoms. The van der Waals surface area contributed by atoms with Gasteiger partial charge in [-0.3, -0.25) is 0 Å². The summed E-state index contributed by atoms with van der Waals surface area (Å²) in [6.45, 7) is 0. The lowest BCUT2D eigenvalue weighted by Gasteiger charge is -2.32. The fraction of sp³-hybridized carbons (Fsp3) is 0.0625. The second-order valence-corrected chi connectivity index (χ2v) is 10.2. The molecule has 154 valence electrons. The first-order chi connectivity index (χ1) is 16.3. The summed E-state index contributed by atoms with van der Waals surface area (Å²) in [5, 5.41) is 0. The van der Waals surface area contributed by atoms with Gasteiger partial charge in [0.05, 0.1) is 5.41 Å². The molecule has 0 N–H and O–H groups in total. The number of rotatable bonds is 0. The van der Waals surface area contributed by atoms with E-state index in [-0.39, 0.29) is 5.41 Å². The smallest absolute Gasteiger partial charge is 0.0619 e. The molecule has 1 spiro atoms. The Morgan fingerprint density at radius 1 is 0.485 bits per heavy atom. The highest BCUT2D eigenvalue weighted by Gasteiger charge is 2.53. The molecule has 3 aliphatic carbocycles. The van der Waals surface area contributed by atoms with Crippen molar-refractivity contribution in [1.29, 1.82) is 0 Å². The zero-order valence-electron chi connectivity index (χ0n) is 17.9. The Morgan fingerprint density at radius 2 is 1.15 bits per heavy atom. The van der Waals surface area contributed by atoms with Crippen molar-refractivity contribution in [2.45, 2.75) is 11.8 Å². The summed E-state index contributed by atoms with van der Waals surface area (Å²) < 4.78 is 1.17. The molecular weight excluding hydrogens is 464 g/mol. The molecule has 1 atom stereocenters. The maximum absolute atomic E-state index is 3.92. The summed E-state index contributed by atoms with van der Waals surface area (Å²) in [4.78, 5) is 0. The van der Waals surface area contributed by atoms with E-state index in [0.717, 1.165) is 6.42 Å². The van der Waals surface area contributed by atoms with Crippen LogP contribution in [-0.4, -0.2) is 0 Å². The van der Waals surface area contributed by atoms with Crippen LogP contribution in [0.3, 0.4) is 0 Å². The van der Waals surface area contributed by atoms with Gasteiger partial charge in [0.15, 0.2) is 0 Å². The minimum Gasteiger partial charge on any atom is -0.0619 e. The molecule has 3 aliphatic rings. The standard InChI is InChI=1S/C32H19Br/c33-28-15-7-14-27-30(28)24-11-4-6-13-26(24)32(27)25-12-5-3-10-22(25)23-17-16-20-18-19-8-1-2-9-21(19)29(20)31(23)32/h1-17H,18H2. The fourth-order valence-corrected chi connectivity index (χ4v) is 7.44. The van der Waals surface area contributed by atoms with Crippen molar-refractivity contribution in [2.75, 3.05) is 0 Å². The average Bonchev–Trinajstić information content (AvgIpc) is 3.48. The van der Waals surface area contributed by atoms with Gasteiger partial charge in [-0.25, -0.2) is 0 Å². The molecule has 1 unspecified atom stereocenters. The Labute approximate surface area is 201 Å². The minimum atomic E-state index is -0.301. The van der Waals surface area contributed by atoms with Crippen LogP contribution in [-0.2, 0) is 11.8 Å². The van der Waals surface area contributed by atoms with Crippen LogP contribution in [0.4, 0.5) is 0 Å². The molecule has 0 heterocycles. The highest BCUT2D eigenvalue weighted by molar-refractivity contribution is 9.10. The lowest BCUT2D eigenvalue weighted by molar-refractivity contribution is 0.795. The van der Waals surface area contributed by atoms with Crippen molar-refractivity contribution >= 4 is 15.9 Å². The Morgan fingerprint density at radius 3 is 2.00 bits per heavy atom. The van der Waals surface area contributed by atoms with E-state index in [1.807, 2.05) is 0 Å². The van der Waals surface area contributed by atoms with E-state index in [2.05, 4.69) is 119 Å². The molecular formula is C32H19Br. The van der Waals surface area contributed by atoms with E-state index in [9.17, 15) is 0 Å². The maximum Gasteiger partial charge on any atom is 0.0732 e. The van der Waals surface area contributed by atoms with Crippen LogP contribution in [0.25, 0.3) is 33.4 Å². The largest absolute Gasteiger partial charge is 0.0732 e. The highest BCUT2D eigenvalue weighted by atomic mass is 79.9. The van der Waals surface area contributed by atoms with E-state index in [0.29, 0.717) is 0 Å². The normalized spacial score (nSPS) is 17.8. The van der Waals surface area contributed by atoms with Gasteiger partial charge in [-0.1, -0.05) is 113 Å². The number of hydrogen-bond acceptors (Lipinski definition) is 0. The third kappa shape index (κ3) is 2.00. The monoisotopic (exact) mass is 482 g/mol. The fourth-order valence-electron chi connectivity index (χ4n) is 6.86. The second kappa shape index (κ2) is 6.12. The van der Waals surface area contributed by atoms with E-state index < -0.39 is 0 Å². The summed E-state index contributed by atoms with van der Waals surface area (Å²) in [5.41, 5.74) is 16.5. The molecule has 0 saturated heterocycles. The van der Waals surface area contributed by atoms with Crippen molar-refractivity contribution in [3.05, 3.63) is 141 Å². The number of hydrogen-bond donors (Lipinski definition) is 0. The third-order valence-corrected chi connectivity index (χ3v) is 8.63. The van der Waals surface area contributed by atoms with Gasteiger partial charge in [-0.05, 0) is 73.7 Å². The van der Waals surface area contributed by atoms with Crippen molar-refractivity contribution in [3.63, 3.8) is 0 Å². The first-order valence-corrected chi connectivity index (χ1v) is 12.3. The number of halogens is 1. The van der Waals surface area contributed by atoms with Crippen LogP contribution in [0.5, 0.6) is 0 Å². The summed E-state index contributed by atoms with van der Waals surface area (Å²) >= 11 is 3.92. The third-order valence-electron chi connectivity index (χ3n) is 7.97. The van der Waals surface area contributed by atoms with Crippen LogP contribution >= 0.6 is 15.9 Å². The highest BCUT2D eigenvalue weighted by Crippen LogP contribution is 2.66. The Hall–Kier alpha value is -3.42. The van der Waals surface area contributed by atoms with Crippen LogP contribution in [0.2, 0.25) is 0 Å². The van der Waals surface area contributed by atoms with E-state index in [1.54, 1.807) is 0 Å². The van der Waals surface area contributed by atoms with Gasteiger partial charge in [-0.15, -0.1) is 0 Å². The lowest BCUT2D eigenvalue weighted by Crippen LogP contribution is -2.26. The lowest BCUT2D eigenvalue weighted by atomic mass is 9.68. The molecule has 1 heteroatoms. The first kappa shape index (κ1) is 18.1. The molecule has 5 aromatic carbocycles. The quantitative estimate of drug-likeness (QED) is 0.203. The molecule has 0 saturated carbocycles. The van der Waals surface area contributed by atoms with Crippen LogP contribution in [0.15, 0.2) is 108 Å². The summed E-state index contributed by atoms with van der Waals surface area (Å²) in [7, 11) is 0. The molecule has 0 nitrogen and oxygen atoms in total. The topological polar surface area (TPSA) is 0 Å². The predicted octanol–water partition coefficient (Wildman–Crippen LogP) is 8.36. The van der Waals surface area contributed by atoms with Gasteiger partial charge in [0.2, 0.25) is 0 Å². The first-order valence-electron chi connectivity index (χ1n) is 11.5. The molecule has 0 radical (unpaired) electrons. The Bertz CT molecular complexity index is 1660. The van der Waals surface area contributed by atoms with Gasteiger partial charge >= 0.3 is 0 Å². The molecule has 0 aliphatic heterocycles. The van der Waals surface area contributed by atoms with Crippen molar-refractivity contribution in [1.82, 2.24) is 0 Å². The Balaban J connectivity index is 1.63. The Kier molecular flexibility index (Phi) is 3.35. The van der Waals surface area contributed by atoms with Crippen molar-refractivity contribution < 1.29 is 0 Å². The van der Waals surface area contributed by atoms with E-state index >= 15 is 0 Å². The number of benzene rings is 5. The van der Waals surface area contributed by atoms with Gasteiger partial charge in [0.1, 0.15) is 0 Å². The molecule has 0 fully saturated rings. The van der Waals surface area contributed by atoms with E-state index in [4.69, 9.17) is 0 Å². The van der Waals surface area contributed by atoms with E-state index in [1.165, 1.54) is 71.2 Å². The SMILES string of the molecule is Brc1cccc2c1-c1ccccc1C21c2ccccc2-c2ccc3c(c21)-c1ccccc1C3. The van der Waals surface area contributed by atoms with Crippen molar-refractivity contribution in [3.8, 4) is 33.4 Å². The van der Waals surface area contributed by atoms with Gasteiger partial charge < -0.3 is 0 Å². The molecule has 8 rings (SSSR count). The van der Waals surface area contributed by atoms with Gasteiger partial charge in [0, 0.05) is 10.0 Å². The number of fused-ring (bicyclic) bond motifs is 14. The maximum atomic E-state index is 3.92. The van der Waals surface area contributed by atoms with Crippen LogP contribution in [0, 0.1) is 0 Å². The van der Waals surface area contributed by atoms with Crippen molar-refractivity contribution in [2.24, 2.45) is 0 Å². The van der Waals surface area contributed by atoms with Gasteiger partial charge in [0.25, 0.3) is 0 Å². The van der Waals surface area contributed by atoms with Gasteiger partial charge in [-0.2, -0.15) is 0 Å². The molecule has 5 aromatic rings. The van der Waals surface area contributed by atoms with Crippen LogP contribution < -0.4 is 0 Å². The predicted molar refractivity (Wildman–Crippen MR) is 139 cm³/mol. The zero-order valence-corrected chi connectivity index (χ0v) is 19.5. The molecule has 0 amide bonds. The average molecular weight is 483 g/mol. The summed E-state index contributed by atoms with van der Waals surface area (Å²) in [5.74, 6) is 0.